The summed E-state index contributed by atoms with van der Waals surface area (Å²) >= 11 is 0. The molecular formula is C40H68N4O9. The molecule has 3 amide bonds. The second-order valence-corrected chi connectivity index (χ2v) is 15.8. The van der Waals surface area contributed by atoms with Crippen LogP contribution in [0.5, 0.6) is 5.75 Å². The van der Waals surface area contributed by atoms with Gasteiger partial charge in [0.25, 0.3) is 5.91 Å². The summed E-state index contributed by atoms with van der Waals surface area (Å²) in [6.07, 6.45) is 1.84. The van der Waals surface area contributed by atoms with Crippen LogP contribution in [0.15, 0.2) is 24.3 Å². The normalized spacial score (nSPS) is 16.4. The first kappa shape index (κ1) is 45.7. The minimum atomic E-state index is -1.07. The molecule has 53 heavy (non-hydrogen) atoms. The number of aliphatic hydroxyl groups is 1. The molecule has 302 valence electrons. The first-order valence-electron chi connectivity index (χ1n) is 19.3. The van der Waals surface area contributed by atoms with Gasteiger partial charge in [0.15, 0.2) is 0 Å². The number of piperidine rings is 1. The van der Waals surface area contributed by atoms with E-state index in [9.17, 15) is 24.3 Å². The Bertz CT molecular complexity index is 1260. The molecule has 1 heterocycles. The maximum atomic E-state index is 13.5. The van der Waals surface area contributed by atoms with Crippen LogP contribution < -0.4 is 20.7 Å². The second-order valence-electron chi connectivity index (χ2n) is 15.8. The second kappa shape index (κ2) is 23.4. The number of nitrogens with one attached hydrogen (secondary N) is 3. The number of hydrogen-bond donors (Lipinski definition) is 4. The van der Waals surface area contributed by atoms with Crippen molar-refractivity contribution < 1.29 is 43.2 Å². The number of ether oxygens (including phenoxy) is 4. The van der Waals surface area contributed by atoms with Crippen molar-refractivity contribution >= 4 is 23.9 Å². The van der Waals surface area contributed by atoms with E-state index in [1.54, 1.807) is 46.1 Å². The minimum Gasteiger partial charge on any atom is -0.493 e. The fraction of sp³-hybridized carbons (Fsp3) is 0.750. The van der Waals surface area contributed by atoms with Crippen LogP contribution in [-0.4, -0.2) is 112 Å². The summed E-state index contributed by atoms with van der Waals surface area (Å²) in [5.41, 5.74) is -0.319. The van der Waals surface area contributed by atoms with Crippen molar-refractivity contribution in [2.45, 2.75) is 105 Å². The van der Waals surface area contributed by atoms with Gasteiger partial charge in [0.2, 0.25) is 5.91 Å². The lowest BCUT2D eigenvalue weighted by atomic mass is 9.82. The van der Waals surface area contributed by atoms with Crippen LogP contribution in [0.3, 0.4) is 0 Å². The number of esters is 1. The maximum Gasteiger partial charge on any atom is 0.407 e. The Balaban J connectivity index is 2.10. The van der Waals surface area contributed by atoms with Gasteiger partial charge in [0.05, 0.1) is 37.3 Å². The van der Waals surface area contributed by atoms with E-state index >= 15 is 0 Å². The Labute approximate surface area is 317 Å². The topological polar surface area (TPSA) is 165 Å². The van der Waals surface area contributed by atoms with Crippen molar-refractivity contribution in [3.63, 3.8) is 0 Å². The molecule has 0 unspecified atom stereocenters. The summed E-state index contributed by atoms with van der Waals surface area (Å²) in [5, 5.41) is 20.7. The lowest BCUT2D eigenvalue weighted by molar-refractivity contribution is -0.147. The number of methoxy groups -OCH3 is 2. The van der Waals surface area contributed by atoms with Gasteiger partial charge in [0, 0.05) is 39.3 Å². The molecule has 13 heteroatoms. The summed E-state index contributed by atoms with van der Waals surface area (Å²) in [5.74, 6) is -0.821. The molecule has 13 nitrogen and oxygen atoms in total. The summed E-state index contributed by atoms with van der Waals surface area (Å²) in [4.78, 5) is 54.0. The zero-order chi connectivity index (χ0) is 39.6. The molecule has 0 saturated carbocycles. The molecule has 1 fully saturated rings. The molecule has 4 atom stereocenters. The summed E-state index contributed by atoms with van der Waals surface area (Å²) in [6, 6.07) is 6.38. The molecule has 0 aromatic heterocycles. The number of rotatable bonds is 22. The van der Waals surface area contributed by atoms with Gasteiger partial charge in [-0.05, 0) is 102 Å². The molecule has 1 aliphatic heterocycles. The van der Waals surface area contributed by atoms with Gasteiger partial charge >= 0.3 is 12.1 Å². The Morgan fingerprint density at radius 2 is 1.58 bits per heavy atom. The quantitative estimate of drug-likeness (QED) is 0.0957. The highest BCUT2D eigenvalue weighted by molar-refractivity contribution is 5.96. The van der Waals surface area contributed by atoms with E-state index < -0.39 is 29.8 Å². The predicted molar refractivity (Wildman–Crippen MR) is 205 cm³/mol. The van der Waals surface area contributed by atoms with E-state index in [2.05, 4.69) is 20.9 Å². The Kier molecular flexibility index (Phi) is 20.2. The smallest absolute Gasteiger partial charge is 0.407 e. The van der Waals surface area contributed by atoms with Crippen molar-refractivity contribution in [1.82, 2.24) is 20.9 Å². The van der Waals surface area contributed by atoms with Crippen LogP contribution in [-0.2, 0) is 23.8 Å². The number of nitrogens with zero attached hydrogens (tertiary/aromatic N) is 1. The van der Waals surface area contributed by atoms with Crippen LogP contribution in [0.25, 0.3) is 0 Å². The fourth-order valence-corrected chi connectivity index (χ4v) is 6.45. The minimum absolute atomic E-state index is 0.0786. The zero-order valence-corrected chi connectivity index (χ0v) is 33.7. The van der Waals surface area contributed by atoms with Gasteiger partial charge in [-0.1, -0.05) is 39.8 Å². The van der Waals surface area contributed by atoms with Gasteiger partial charge in [0.1, 0.15) is 11.4 Å². The van der Waals surface area contributed by atoms with Crippen molar-refractivity contribution in [3.8, 4) is 5.75 Å². The van der Waals surface area contributed by atoms with Crippen molar-refractivity contribution in [2.24, 2.45) is 29.6 Å². The highest BCUT2D eigenvalue weighted by Gasteiger charge is 2.34. The van der Waals surface area contributed by atoms with Crippen LogP contribution in [0.1, 0.15) is 97.3 Å². The van der Waals surface area contributed by atoms with E-state index in [0.717, 1.165) is 38.8 Å². The molecule has 0 spiro atoms. The Hall–Kier alpha value is -3.42. The lowest BCUT2D eigenvalue weighted by Crippen LogP contribution is -2.49. The first-order valence-corrected chi connectivity index (χ1v) is 19.3. The van der Waals surface area contributed by atoms with Crippen LogP contribution in [0.4, 0.5) is 4.79 Å². The number of amides is 3. The van der Waals surface area contributed by atoms with E-state index in [1.165, 1.54) is 7.11 Å². The molecule has 2 rings (SSSR count). The number of carbonyl (C=O) groups is 4. The zero-order valence-electron chi connectivity index (χ0n) is 33.7. The molecular weight excluding hydrogens is 680 g/mol. The van der Waals surface area contributed by atoms with E-state index in [1.807, 2.05) is 33.8 Å². The number of benzene rings is 1. The average molecular weight is 749 g/mol. The van der Waals surface area contributed by atoms with Gasteiger partial charge < -0.3 is 44.9 Å². The predicted octanol–water partition coefficient (Wildman–Crippen LogP) is 4.80. The summed E-state index contributed by atoms with van der Waals surface area (Å²) in [7, 11) is 3.07. The molecule has 4 N–H and O–H groups in total. The maximum absolute atomic E-state index is 13.5. The SMILES string of the molecule is COCCCCOc1ccccc1C(=O)NC[C@@H](C[C@H](NC(=O)OC(C)(C)C)[C@@H](O)C[C@H](C(=O)NCCN1CCC(C(=O)OC)CC1)C(C)C)C(C)C. The molecule has 1 aromatic carbocycles. The fourth-order valence-electron chi connectivity index (χ4n) is 6.45. The van der Waals surface area contributed by atoms with Crippen LogP contribution in [0.2, 0.25) is 0 Å². The molecule has 1 aromatic rings. The summed E-state index contributed by atoms with van der Waals surface area (Å²) < 4.78 is 21.5. The Morgan fingerprint density at radius 3 is 2.19 bits per heavy atom. The van der Waals surface area contributed by atoms with E-state index in [4.69, 9.17) is 18.9 Å². The summed E-state index contributed by atoms with van der Waals surface area (Å²) in [6.45, 7) is 17.3. The monoisotopic (exact) mass is 748 g/mol. The van der Waals surface area contributed by atoms with E-state index in [-0.39, 0.29) is 47.9 Å². The third-order valence-corrected chi connectivity index (χ3v) is 9.81. The molecule has 1 saturated heterocycles. The molecule has 0 bridgehead atoms. The standard InChI is InChI=1S/C40H68N4O9/c1-27(2)30(26-42-36(46)31-14-10-11-15-35(31)52-23-13-12-22-50-8)24-33(43-39(49)53-40(5,6)7)34(45)25-32(28(3)4)37(47)41-18-21-44-19-16-29(17-20-44)38(48)51-9/h10-11,14-15,27-30,32-34,45H,12-13,16-26H2,1-9H3,(H,41,47)(H,42,46)(H,43,49)/t30-,32+,33+,34+/m1/s1. The largest absolute Gasteiger partial charge is 0.493 e. The number of aliphatic hydroxyl groups excluding tert-OH is 1. The number of alkyl carbamates (subject to hydrolysis) is 1. The molecule has 1 aliphatic rings. The van der Waals surface area contributed by atoms with Crippen molar-refractivity contribution in [2.75, 3.05) is 60.2 Å². The number of para-hydroxylation sites is 1. The number of likely N-dealkylation sites (tertiary alicyclic amines) is 1. The van der Waals surface area contributed by atoms with Gasteiger partial charge in [-0.25, -0.2) is 4.79 Å². The van der Waals surface area contributed by atoms with Gasteiger partial charge in [-0.15, -0.1) is 0 Å². The van der Waals surface area contributed by atoms with Crippen LogP contribution >= 0.6 is 0 Å². The highest BCUT2D eigenvalue weighted by atomic mass is 16.6. The van der Waals surface area contributed by atoms with Crippen molar-refractivity contribution in [1.29, 1.82) is 0 Å². The van der Waals surface area contributed by atoms with Crippen LogP contribution in [0, 0.1) is 29.6 Å². The Morgan fingerprint density at radius 1 is 0.925 bits per heavy atom. The number of hydrogen-bond acceptors (Lipinski definition) is 10. The first-order chi connectivity index (χ1) is 25.1. The van der Waals surface area contributed by atoms with Gasteiger partial charge in [-0.3, -0.25) is 14.4 Å². The van der Waals surface area contributed by atoms with E-state index in [0.29, 0.717) is 50.6 Å². The third-order valence-electron chi connectivity index (χ3n) is 9.81. The molecule has 0 aliphatic carbocycles. The number of unbranched alkanes of at least 4 members (excludes halogenated alkanes) is 1. The average Bonchev–Trinajstić information content (AvgIpc) is 3.10. The van der Waals surface area contributed by atoms with Crippen molar-refractivity contribution in [3.05, 3.63) is 29.8 Å². The third kappa shape index (κ3) is 17.1. The number of carbonyl (C=O) groups excluding carboxylic acids is 4. The van der Waals surface area contributed by atoms with Gasteiger partial charge in [-0.2, -0.15) is 0 Å². The molecule has 0 radical (unpaired) electrons. The highest BCUT2D eigenvalue weighted by Crippen LogP contribution is 2.26. The lowest BCUT2D eigenvalue weighted by Gasteiger charge is -2.33.